The minimum atomic E-state index is -2.93. The van der Waals surface area contributed by atoms with E-state index in [0.29, 0.717) is 19.5 Å². The van der Waals surface area contributed by atoms with Gasteiger partial charge in [-0.3, -0.25) is 0 Å². The highest BCUT2D eigenvalue weighted by molar-refractivity contribution is 7.91. The molecule has 1 N–H and O–H groups in total. The molecule has 94 valence electrons. The first kappa shape index (κ1) is 13.3. The number of carbonyl (C=O) groups is 1. The van der Waals surface area contributed by atoms with Crippen LogP contribution in [0.5, 0.6) is 0 Å². The zero-order valence-electron chi connectivity index (χ0n) is 9.90. The Kier molecular flexibility index (Phi) is 4.58. The summed E-state index contributed by atoms with van der Waals surface area (Å²) in [6, 6.07) is -0.293. The maximum atomic E-state index is 11.8. The molecule has 0 aliphatic carbocycles. The van der Waals surface area contributed by atoms with Crippen LogP contribution in [0.2, 0.25) is 0 Å². The lowest BCUT2D eigenvalue weighted by atomic mass is 10.2. The number of rotatable bonds is 4. The normalized spacial score (nSPS) is 23.0. The first-order valence-corrected chi connectivity index (χ1v) is 7.57. The van der Waals surface area contributed by atoms with Crippen LogP contribution in [0, 0.1) is 0 Å². The van der Waals surface area contributed by atoms with Gasteiger partial charge in [-0.15, -0.1) is 0 Å². The fourth-order valence-electron chi connectivity index (χ4n) is 1.92. The Morgan fingerprint density at radius 1 is 1.44 bits per heavy atom. The maximum Gasteiger partial charge on any atom is 0.317 e. The van der Waals surface area contributed by atoms with Crippen LogP contribution in [0.4, 0.5) is 4.79 Å². The van der Waals surface area contributed by atoms with E-state index in [-0.39, 0.29) is 23.6 Å². The minimum Gasteiger partial charge on any atom is -0.338 e. The molecule has 0 aromatic carbocycles. The van der Waals surface area contributed by atoms with E-state index >= 15 is 0 Å². The van der Waals surface area contributed by atoms with Gasteiger partial charge in [-0.05, 0) is 19.8 Å². The van der Waals surface area contributed by atoms with Gasteiger partial charge in [0.1, 0.15) is 0 Å². The molecule has 0 bridgehead atoms. The molecule has 1 fully saturated rings. The SMILES string of the molecule is CCCNC(=O)N(CC)C1CCS(=O)(=O)C1. The van der Waals surface area contributed by atoms with E-state index in [0.717, 1.165) is 6.42 Å². The number of urea groups is 1. The van der Waals surface area contributed by atoms with Crippen LogP contribution in [0.1, 0.15) is 26.7 Å². The molecule has 0 aromatic rings. The van der Waals surface area contributed by atoms with Crippen molar-refractivity contribution in [2.75, 3.05) is 24.6 Å². The monoisotopic (exact) mass is 248 g/mol. The van der Waals surface area contributed by atoms with Crippen molar-refractivity contribution in [3.05, 3.63) is 0 Å². The Bertz CT molecular complexity index is 340. The van der Waals surface area contributed by atoms with Gasteiger partial charge in [0.15, 0.2) is 9.84 Å². The molecular weight excluding hydrogens is 228 g/mol. The molecular formula is C10H20N2O3S. The van der Waals surface area contributed by atoms with E-state index in [1.807, 2.05) is 13.8 Å². The van der Waals surface area contributed by atoms with Gasteiger partial charge in [-0.1, -0.05) is 6.92 Å². The summed E-state index contributed by atoms with van der Waals surface area (Å²) in [4.78, 5) is 13.4. The van der Waals surface area contributed by atoms with Crippen LogP contribution >= 0.6 is 0 Å². The summed E-state index contributed by atoms with van der Waals surface area (Å²) in [5.41, 5.74) is 0. The Labute approximate surface area is 97.1 Å². The molecule has 1 rings (SSSR count). The first-order chi connectivity index (χ1) is 7.50. The second-order valence-electron chi connectivity index (χ2n) is 4.07. The fraction of sp³-hybridized carbons (Fsp3) is 0.900. The van der Waals surface area contributed by atoms with Crippen LogP contribution in [0.3, 0.4) is 0 Å². The minimum absolute atomic E-state index is 0.111. The molecule has 1 saturated heterocycles. The molecule has 1 heterocycles. The number of sulfone groups is 1. The topological polar surface area (TPSA) is 66.5 Å². The van der Waals surface area contributed by atoms with Gasteiger partial charge in [0.2, 0.25) is 0 Å². The Morgan fingerprint density at radius 3 is 2.56 bits per heavy atom. The second kappa shape index (κ2) is 5.52. The Hall–Kier alpha value is -0.780. The third-order valence-corrected chi connectivity index (χ3v) is 4.53. The molecule has 0 saturated carbocycles. The third kappa shape index (κ3) is 3.37. The molecule has 6 heteroatoms. The number of nitrogens with zero attached hydrogens (tertiary/aromatic N) is 1. The van der Waals surface area contributed by atoms with Crippen molar-refractivity contribution in [3.8, 4) is 0 Å². The van der Waals surface area contributed by atoms with E-state index in [9.17, 15) is 13.2 Å². The average molecular weight is 248 g/mol. The quantitative estimate of drug-likeness (QED) is 0.793. The standard InChI is InChI=1S/C10H20N2O3S/c1-3-6-11-10(13)12(4-2)9-5-7-16(14,15)8-9/h9H,3-8H2,1-2H3,(H,11,13). The molecule has 0 radical (unpaired) electrons. The van der Waals surface area contributed by atoms with Crippen LogP contribution in [0.25, 0.3) is 0 Å². The number of amides is 2. The van der Waals surface area contributed by atoms with Gasteiger partial charge >= 0.3 is 6.03 Å². The highest BCUT2D eigenvalue weighted by atomic mass is 32.2. The highest BCUT2D eigenvalue weighted by Crippen LogP contribution is 2.17. The summed E-state index contributed by atoms with van der Waals surface area (Å²) in [7, 11) is -2.93. The van der Waals surface area contributed by atoms with Gasteiger partial charge in [0.25, 0.3) is 0 Å². The molecule has 0 aromatic heterocycles. The average Bonchev–Trinajstić information content (AvgIpc) is 2.57. The molecule has 1 unspecified atom stereocenters. The zero-order chi connectivity index (χ0) is 12.2. The van der Waals surface area contributed by atoms with Gasteiger partial charge in [-0.2, -0.15) is 0 Å². The van der Waals surface area contributed by atoms with Crippen LogP contribution in [-0.2, 0) is 9.84 Å². The maximum absolute atomic E-state index is 11.8. The Morgan fingerprint density at radius 2 is 2.12 bits per heavy atom. The summed E-state index contributed by atoms with van der Waals surface area (Å²) >= 11 is 0. The van der Waals surface area contributed by atoms with Crippen LogP contribution < -0.4 is 5.32 Å². The van der Waals surface area contributed by atoms with Crippen molar-refractivity contribution in [1.29, 1.82) is 0 Å². The number of nitrogens with one attached hydrogen (secondary N) is 1. The number of hydrogen-bond acceptors (Lipinski definition) is 3. The first-order valence-electron chi connectivity index (χ1n) is 5.75. The van der Waals surface area contributed by atoms with E-state index in [1.54, 1.807) is 4.90 Å². The molecule has 16 heavy (non-hydrogen) atoms. The largest absolute Gasteiger partial charge is 0.338 e. The fourth-order valence-corrected chi connectivity index (χ4v) is 3.65. The van der Waals surface area contributed by atoms with Crippen molar-refractivity contribution in [3.63, 3.8) is 0 Å². The lowest BCUT2D eigenvalue weighted by Gasteiger charge is -2.26. The van der Waals surface area contributed by atoms with Crippen molar-refractivity contribution in [2.45, 2.75) is 32.7 Å². The van der Waals surface area contributed by atoms with Crippen molar-refractivity contribution in [1.82, 2.24) is 10.2 Å². The molecule has 1 aliphatic heterocycles. The summed E-state index contributed by atoms with van der Waals surface area (Å²) in [6.45, 7) is 5.04. The van der Waals surface area contributed by atoms with E-state index in [2.05, 4.69) is 5.32 Å². The van der Waals surface area contributed by atoms with Crippen LogP contribution in [-0.4, -0.2) is 50.0 Å². The van der Waals surface area contributed by atoms with E-state index < -0.39 is 9.84 Å². The predicted octanol–water partition coefficient (Wildman–Crippen LogP) is 0.615. The van der Waals surface area contributed by atoms with Crippen molar-refractivity contribution < 1.29 is 13.2 Å². The van der Waals surface area contributed by atoms with Gasteiger partial charge in [-0.25, -0.2) is 13.2 Å². The molecule has 5 nitrogen and oxygen atoms in total. The Balaban J connectivity index is 2.58. The predicted molar refractivity (Wildman–Crippen MR) is 63.1 cm³/mol. The highest BCUT2D eigenvalue weighted by Gasteiger charge is 2.33. The van der Waals surface area contributed by atoms with Gasteiger partial charge in [0, 0.05) is 19.1 Å². The van der Waals surface area contributed by atoms with E-state index in [4.69, 9.17) is 0 Å². The van der Waals surface area contributed by atoms with Crippen LogP contribution in [0.15, 0.2) is 0 Å². The van der Waals surface area contributed by atoms with Gasteiger partial charge < -0.3 is 10.2 Å². The lowest BCUT2D eigenvalue weighted by Crippen LogP contribution is -2.46. The smallest absolute Gasteiger partial charge is 0.317 e. The summed E-state index contributed by atoms with van der Waals surface area (Å²) in [6.07, 6.45) is 1.45. The molecule has 2 amide bonds. The van der Waals surface area contributed by atoms with Gasteiger partial charge in [0.05, 0.1) is 11.5 Å². The van der Waals surface area contributed by atoms with Crippen molar-refractivity contribution in [2.24, 2.45) is 0 Å². The molecule has 0 spiro atoms. The van der Waals surface area contributed by atoms with E-state index in [1.165, 1.54) is 0 Å². The second-order valence-corrected chi connectivity index (χ2v) is 6.30. The zero-order valence-corrected chi connectivity index (χ0v) is 10.7. The third-order valence-electron chi connectivity index (χ3n) is 2.78. The molecule has 1 aliphatic rings. The number of carbonyl (C=O) groups excluding carboxylic acids is 1. The lowest BCUT2D eigenvalue weighted by molar-refractivity contribution is 0.184. The molecule has 1 atom stereocenters. The number of hydrogen-bond donors (Lipinski definition) is 1. The van der Waals surface area contributed by atoms with Crippen molar-refractivity contribution >= 4 is 15.9 Å². The summed E-state index contributed by atoms with van der Waals surface area (Å²) in [5, 5.41) is 2.78. The summed E-state index contributed by atoms with van der Waals surface area (Å²) in [5.74, 6) is 0.315. The summed E-state index contributed by atoms with van der Waals surface area (Å²) < 4.78 is 22.7.